The lowest BCUT2D eigenvalue weighted by Crippen LogP contribution is -1.95. The number of rotatable bonds is 2. The van der Waals surface area contributed by atoms with Crippen LogP contribution in [0.25, 0.3) is 16.7 Å². The van der Waals surface area contributed by atoms with Gasteiger partial charge in [-0.2, -0.15) is 0 Å². The Morgan fingerprint density at radius 2 is 2.05 bits per heavy atom. The molecule has 2 nitrogen and oxygen atoms in total. The van der Waals surface area contributed by atoms with Crippen LogP contribution in [0.2, 0.25) is 5.02 Å². The molecule has 1 N–H and O–H groups in total. The Hall–Kier alpha value is -1.58. The summed E-state index contributed by atoms with van der Waals surface area (Å²) in [6, 6.07) is 14.1. The quantitative estimate of drug-likeness (QED) is 0.665. The van der Waals surface area contributed by atoms with Crippen molar-refractivity contribution in [3.05, 3.63) is 57.8 Å². The largest absolute Gasteiger partial charge is 0.330 e. The summed E-state index contributed by atoms with van der Waals surface area (Å²) in [6.45, 7) is 2.14. The molecule has 1 heterocycles. The molecule has 0 spiro atoms. The van der Waals surface area contributed by atoms with E-state index in [1.165, 1.54) is 5.56 Å². The van der Waals surface area contributed by atoms with Gasteiger partial charge in [-0.3, -0.25) is 4.57 Å². The van der Waals surface area contributed by atoms with Gasteiger partial charge >= 0.3 is 0 Å². The van der Waals surface area contributed by atoms with Crippen LogP contribution in [-0.4, -0.2) is 9.55 Å². The molecule has 96 valence electrons. The number of H-pyrrole nitrogens is 1. The first-order valence-corrected chi connectivity index (χ1v) is 6.97. The van der Waals surface area contributed by atoms with Gasteiger partial charge in [0.2, 0.25) is 0 Å². The summed E-state index contributed by atoms with van der Waals surface area (Å²) in [5, 5.41) is 0.710. The minimum absolute atomic E-state index is 0.686. The molecule has 0 saturated heterocycles. The van der Waals surface area contributed by atoms with Crippen molar-refractivity contribution in [2.24, 2.45) is 0 Å². The molecule has 0 bridgehead atoms. The summed E-state index contributed by atoms with van der Waals surface area (Å²) in [4.78, 5) is 3.21. The van der Waals surface area contributed by atoms with Crippen LogP contribution in [-0.2, 0) is 6.42 Å². The number of hydrogen-bond acceptors (Lipinski definition) is 1. The van der Waals surface area contributed by atoms with Crippen LogP contribution in [0, 0.1) is 4.77 Å². The number of fused-ring (bicyclic) bond motifs is 1. The first kappa shape index (κ1) is 12.5. The topological polar surface area (TPSA) is 20.7 Å². The lowest BCUT2D eigenvalue weighted by Gasteiger charge is -2.06. The second-order valence-corrected chi connectivity index (χ2v) is 5.27. The molecular formula is C15H13ClN2S. The Bertz CT molecular complexity index is 801. The van der Waals surface area contributed by atoms with Crippen LogP contribution in [0.5, 0.6) is 0 Å². The lowest BCUT2D eigenvalue weighted by atomic mass is 10.1. The highest BCUT2D eigenvalue weighted by Gasteiger charge is 2.07. The van der Waals surface area contributed by atoms with Crippen molar-refractivity contribution in [3.8, 4) is 5.69 Å². The SMILES string of the molecule is CCc1cccc(-n2c(=S)[nH]c3ccc(Cl)cc32)c1. The molecule has 19 heavy (non-hydrogen) atoms. The number of aromatic nitrogens is 2. The van der Waals surface area contributed by atoms with Crippen LogP contribution >= 0.6 is 23.8 Å². The third kappa shape index (κ3) is 2.20. The zero-order valence-electron chi connectivity index (χ0n) is 10.5. The molecule has 0 fully saturated rings. The van der Waals surface area contributed by atoms with E-state index in [0.29, 0.717) is 9.79 Å². The predicted octanol–water partition coefficient (Wildman–Crippen LogP) is 4.90. The molecule has 3 rings (SSSR count). The second-order valence-electron chi connectivity index (χ2n) is 4.45. The minimum atomic E-state index is 0.686. The van der Waals surface area contributed by atoms with Gasteiger partial charge in [0, 0.05) is 10.7 Å². The Morgan fingerprint density at radius 1 is 1.21 bits per heavy atom. The number of nitrogens with one attached hydrogen (secondary N) is 1. The van der Waals surface area contributed by atoms with Crippen molar-refractivity contribution in [2.45, 2.75) is 13.3 Å². The average molecular weight is 289 g/mol. The van der Waals surface area contributed by atoms with Crippen LogP contribution in [0.1, 0.15) is 12.5 Å². The number of imidazole rings is 1. The molecule has 1 aromatic heterocycles. The van der Waals surface area contributed by atoms with Crippen molar-refractivity contribution in [2.75, 3.05) is 0 Å². The standard InChI is InChI=1S/C15H13ClN2S/c1-2-10-4-3-5-12(8-10)18-14-9-11(16)6-7-13(14)17-15(18)19/h3-9H,2H2,1H3,(H,17,19). The maximum absolute atomic E-state index is 6.08. The third-order valence-electron chi connectivity index (χ3n) is 3.22. The van der Waals surface area contributed by atoms with Crippen molar-refractivity contribution >= 4 is 34.9 Å². The summed E-state index contributed by atoms with van der Waals surface area (Å²) in [7, 11) is 0. The van der Waals surface area contributed by atoms with Crippen LogP contribution in [0.15, 0.2) is 42.5 Å². The highest BCUT2D eigenvalue weighted by molar-refractivity contribution is 7.71. The highest BCUT2D eigenvalue weighted by Crippen LogP contribution is 2.23. The van der Waals surface area contributed by atoms with Gasteiger partial charge in [-0.15, -0.1) is 0 Å². The van der Waals surface area contributed by atoms with Gasteiger partial charge in [0.05, 0.1) is 11.0 Å². The van der Waals surface area contributed by atoms with E-state index in [4.69, 9.17) is 23.8 Å². The molecule has 0 amide bonds. The van der Waals surface area contributed by atoms with E-state index in [-0.39, 0.29) is 0 Å². The zero-order valence-corrected chi connectivity index (χ0v) is 12.1. The molecule has 0 aliphatic heterocycles. The van der Waals surface area contributed by atoms with Crippen molar-refractivity contribution in [1.29, 1.82) is 0 Å². The molecule has 2 aromatic carbocycles. The highest BCUT2D eigenvalue weighted by atomic mass is 35.5. The van der Waals surface area contributed by atoms with Crippen LogP contribution in [0.3, 0.4) is 0 Å². The van der Waals surface area contributed by atoms with E-state index in [9.17, 15) is 0 Å². The van der Waals surface area contributed by atoms with E-state index in [1.807, 2.05) is 22.8 Å². The molecule has 0 aliphatic carbocycles. The number of nitrogens with zero attached hydrogens (tertiary/aromatic N) is 1. The Balaban J connectivity index is 2.32. The number of aromatic amines is 1. The van der Waals surface area contributed by atoms with Gasteiger partial charge in [0.15, 0.2) is 4.77 Å². The van der Waals surface area contributed by atoms with Crippen molar-refractivity contribution in [1.82, 2.24) is 9.55 Å². The second kappa shape index (κ2) is 4.83. The fraction of sp³-hybridized carbons (Fsp3) is 0.133. The smallest absolute Gasteiger partial charge is 0.182 e. The Morgan fingerprint density at radius 3 is 2.84 bits per heavy atom. The predicted molar refractivity (Wildman–Crippen MR) is 82.8 cm³/mol. The summed E-state index contributed by atoms with van der Waals surface area (Å²) in [5.41, 5.74) is 4.36. The normalized spacial score (nSPS) is 11.1. The maximum atomic E-state index is 6.08. The maximum Gasteiger partial charge on any atom is 0.182 e. The summed E-state index contributed by atoms with van der Waals surface area (Å²) >= 11 is 11.5. The van der Waals surface area contributed by atoms with Gasteiger partial charge in [0.25, 0.3) is 0 Å². The monoisotopic (exact) mass is 288 g/mol. The van der Waals surface area contributed by atoms with Crippen molar-refractivity contribution in [3.63, 3.8) is 0 Å². The van der Waals surface area contributed by atoms with Crippen molar-refractivity contribution < 1.29 is 0 Å². The number of hydrogen-bond donors (Lipinski definition) is 1. The van der Waals surface area contributed by atoms with E-state index < -0.39 is 0 Å². The van der Waals surface area contributed by atoms with Gasteiger partial charge in [-0.05, 0) is 54.5 Å². The molecule has 0 atom stereocenters. The molecule has 0 saturated carbocycles. The zero-order chi connectivity index (χ0) is 13.4. The van der Waals surface area contributed by atoms with Gasteiger partial charge < -0.3 is 4.98 Å². The van der Waals surface area contributed by atoms with Gasteiger partial charge in [0.1, 0.15) is 0 Å². The Labute approximate surface area is 121 Å². The van der Waals surface area contributed by atoms with E-state index in [0.717, 1.165) is 23.1 Å². The third-order valence-corrected chi connectivity index (χ3v) is 3.74. The molecule has 0 radical (unpaired) electrons. The number of aryl methyl sites for hydroxylation is 1. The fourth-order valence-corrected chi connectivity index (χ4v) is 2.73. The molecular weight excluding hydrogens is 276 g/mol. The average Bonchev–Trinajstić information content (AvgIpc) is 2.74. The first-order valence-electron chi connectivity index (χ1n) is 6.18. The first-order chi connectivity index (χ1) is 9.19. The molecule has 0 unspecified atom stereocenters. The van der Waals surface area contributed by atoms with Crippen LogP contribution in [0.4, 0.5) is 0 Å². The van der Waals surface area contributed by atoms with Gasteiger partial charge in [-0.1, -0.05) is 30.7 Å². The fourth-order valence-electron chi connectivity index (χ4n) is 2.25. The number of halogens is 1. The van der Waals surface area contributed by atoms with E-state index in [1.54, 1.807) is 0 Å². The lowest BCUT2D eigenvalue weighted by molar-refractivity contribution is 1.05. The Kier molecular flexibility index (Phi) is 3.17. The van der Waals surface area contributed by atoms with Crippen LogP contribution < -0.4 is 0 Å². The number of benzene rings is 2. The minimum Gasteiger partial charge on any atom is -0.330 e. The van der Waals surface area contributed by atoms with E-state index in [2.05, 4.69) is 36.2 Å². The van der Waals surface area contributed by atoms with E-state index >= 15 is 0 Å². The summed E-state index contributed by atoms with van der Waals surface area (Å²) in [6.07, 6.45) is 1.00. The molecule has 3 aromatic rings. The summed E-state index contributed by atoms with van der Waals surface area (Å²) in [5.74, 6) is 0. The van der Waals surface area contributed by atoms with Gasteiger partial charge in [-0.25, -0.2) is 0 Å². The molecule has 0 aliphatic rings. The summed E-state index contributed by atoms with van der Waals surface area (Å²) < 4.78 is 2.71. The molecule has 4 heteroatoms.